The Bertz CT molecular complexity index is 744. The van der Waals surface area contributed by atoms with Gasteiger partial charge in [0.05, 0.1) is 0 Å². The van der Waals surface area contributed by atoms with Gasteiger partial charge in [-0.3, -0.25) is 4.79 Å². The number of aryl methyl sites for hydroxylation is 1. The van der Waals surface area contributed by atoms with Gasteiger partial charge < -0.3 is 14.8 Å². The summed E-state index contributed by atoms with van der Waals surface area (Å²) in [5.74, 6) is -2.52. The predicted molar refractivity (Wildman–Crippen MR) is 87.3 cm³/mol. The molecule has 0 spiro atoms. The fraction of sp³-hybridized carbons (Fsp3) is 0.222. The highest BCUT2D eigenvalue weighted by Gasteiger charge is 2.11. The molecule has 0 unspecified atom stereocenters. The SMILES string of the molecule is CCc1ccccc1OCC(=O)OCC(=O)Nc1cc(F)cc(F)c1. The van der Waals surface area contributed by atoms with Crippen molar-refractivity contribution in [1.29, 1.82) is 0 Å². The molecule has 0 atom stereocenters. The first-order valence-electron chi connectivity index (χ1n) is 7.60. The molecule has 0 bridgehead atoms. The normalized spacial score (nSPS) is 10.2. The first-order chi connectivity index (χ1) is 12.0. The van der Waals surface area contributed by atoms with Crippen LogP contribution in [0.5, 0.6) is 5.75 Å². The van der Waals surface area contributed by atoms with E-state index in [2.05, 4.69) is 5.32 Å². The number of carbonyl (C=O) groups excluding carboxylic acids is 2. The Morgan fingerprint density at radius 3 is 2.40 bits per heavy atom. The molecule has 0 aromatic heterocycles. The third-order valence-electron chi connectivity index (χ3n) is 3.21. The number of halogens is 2. The first kappa shape index (κ1) is 18.4. The van der Waals surface area contributed by atoms with E-state index in [4.69, 9.17) is 9.47 Å². The molecule has 1 N–H and O–H groups in total. The van der Waals surface area contributed by atoms with E-state index in [-0.39, 0.29) is 12.3 Å². The van der Waals surface area contributed by atoms with Crippen molar-refractivity contribution in [3.05, 3.63) is 59.7 Å². The van der Waals surface area contributed by atoms with Crippen molar-refractivity contribution in [3.63, 3.8) is 0 Å². The Balaban J connectivity index is 1.78. The standard InChI is InChI=1S/C18H17F2NO4/c1-2-12-5-3-4-6-16(12)24-11-18(23)25-10-17(22)21-15-8-13(19)7-14(20)9-15/h3-9H,2,10-11H2,1H3,(H,21,22). The van der Waals surface area contributed by atoms with Gasteiger partial charge >= 0.3 is 5.97 Å². The van der Waals surface area contributed by atoms with Crippen molar-refractivity contribution >= 4 is 17.6 Å². The topological polar surface area (TPSA) is 64.6 Å². The summed E-state index contributed by atoms with van der Waals surface area (Å²) in [5, 5.41) is 2.23. The summed E-state index contributed by atoms with van der Waals surface area (Å²) in [6.07, 6.45) is 0.748. The zero-order valence-electron chi connectivity index (χ0n) is 13.6. The summed E-state index contributed by atoms with van der Waals surface area (Å²) in [6.45, 7) is 1.02. The molecule has 25 heavy (non-hydrogen) atoms. The Morgan fingerprint density at radius 2 is 1.72 bits per heavy atom. The maximum atomic E-state index is 13.0. The molecule has 0 radical (unpaired) electrons. The maximum Gasteiger partial charge on any atom is 0.344 e. The van der Waals surface area contributed by atoms with Crippen LogP contribution in [0.4, 0.5) is 14.5 Å². The van der Waals surface area contributed by atoms with Gasteiger partial charge in [0.2, 0.25) is 0 Å². The van der Waals surface area contributed by atoms with E-state index in [1.807, 2.05) is 19.1 Å². The quantitative estimate of drug-likeness (QED) is 0.780. The minimum atomic E-state index is -0.824. The molecule has 0 aliphatic heterocycles. The highest BCUT2D eigenvalue weighted by atomic mass is 19.1. The summed E-state index contributed by atoms with van der Waals surface area (Å²) >= 11 is 0. The summed E-state index contributed by atoms with van der Waals surface area (Å²) in [6, 6.07) is 9.85. The first-order valence-corrected chi connectivity index (χ1v) is 7.60. The molecule has 2 aromatic rings. The van der Waals surface area contributed by atoms with E-state index in [9.17, 15) is 18.4 Å². The molecule has 0 saturated heterocycles. The molecule has 1 amide bonds. The van der Waals surface area contributed by atoms with Crippen LogP contribution in [0.3, 0.4) is 0 Å². The van der Waals surface area contributed by atoms with Crippen molar-refractivity contribution in [2.24, 2.45) is 0 Å². The molecule has 132 valence electrons. The fourth-order valence-electron chi connectivity index (χ4n) is 2.08. The molecule has 5 nitrogen and oxygen atoms in total. The number of para-hydroxylation sites is 1. The highest BCUT2D eigenvalue weighted by molar-refractivity contribution is 5.92. The molecule has 0 fully saturated rings. The molecular formula is C18H17F2NO4. The molecule has 0 saturated carbocycles. The van der Waals surface area contributed by atoms with Crippen LogP contribution in [0.2, 0.25) is 0 Å². The van der Waals surface area contributed by atoms with Gasteiger partial charge in [-0.15, -0.1) is 0 Å². The van der Waals surface area contributed by atoms with E-state index in [0.717, 1.165) is 24.1 Å². The van der Waals surface area contributed by atoms with Crippen molar-refractivity contribution in [1.82, 2.24) is 0 Å². The third kappa shape index (κ3) is 5.87. The molecular weight excluding hydrogens is 332 g/mol. The largest absolute Gasteiger partial charge is 0.482 e. The van der Waals surface area contributed by atoms with Crippen LogP contribution in [0, 0.1) is 11.6 Å². The summed E-state index contributed by atoms with van der Waals surface area (Å²) in [4.78, 5) is 23.3. The number of benzene rings is 2. The van der Waals surface area contributed by atoms with Crippen LogP contribution < -0.4 is 10.1 Å². The lowest BCUT2D eigenvalue weighted by Gasteiger charge is -2.10. The van der Waals surface area contributed by atoms with Gasteiger partial charge in [0.15, 0.2) is 13.2 Å². The van der Waals surface area contributed by atoms with Crippen LogP contribution >= 0.6 is 0 Å². The van der Waals surface area contributed by atoms with Crippen molar-refractivity contribution in [2.75, 3.05) is 18.5 Å². The smallest absolute Gasteiger partial charge is 0.344 e. The van der Waals surface area contributed by atoms with E-state index < -0.39 is 30.1 Å². The lowest BCUT2D eigenvalue weighted by molar-refractivity contribution is -0.149. The van der Waals surface area contributed by atoms with Gasteiger partial charge in [0.1, 0.15) is 17.4 Å². The van der Waals surface area contributed by atoms with Crippen LogP contribution in [0.25, 0.3) is 0 Å². The molecule has 2 rings (SSSR count). The molecule has 0 aliphatic carbocycles. The van der Waals surface area contributed by atoms with Crippen molar-refractivity contribution in [2.45, 2.75) is 13.3 Å². The Morgan fingerprint density at radius 1 is 1.04 bits per heavy atom. The third-order valence-corrected chi connectivity index (χ3v) is 3.21. The average molecular weight is 349 g/mol. The van der Waals surface area contributed by atoms with Gasteiger partial charge in [-0.25, -0.2) is 13.6 Å². The number of hydrogen-bond donors (Lipinski definition) is 1. The Kier molecular flexibility index (Phi) is 6.45. The van der Waals surface area contributed by atoms with Crippen molar-refractivity contribution < 1.29 is 27.8 Å². The number of carbonyl (C=O) groups is 2. The maximum absolute atomic E-state index is 13.0. The molecule has 0 aliphatic rings. The number of anilines is 1. The second-order valence-corrected chi connectivity index (χ2v) is 5.12. The minimum Gasteiger partial charge on any atom is -0.482 e. The monoisotopic (exact) mass is 349 g/mol. The van der Waals surface area contributed by atoms with Gasteiger partial charge in [-0.1, -0.05) is 25.1 Å². The number of esters is 1. The lowest BCUT2D eigenvalue weighted by atomic mass is 10.1. The molecule has 7 heteroatoms. The fourth-order valence-corrected chi connectivity index (χ4v) is 2.08. The van der Waals surface area contributed by atoms with E-state index in [1.165, 1.54) is 0 Å². The van der Waals surface area contributed by atoms with Gasteiger partial charge in [-0.05, 0) is 30.2 Å². The number of ether oxygens (including phenoxy) is 2. The second-order valence-electron chi connectivity index (χ2n) is 5.12. The molecule has 0 heterocycles. The number of rotatable bonds is 7. The summed E-state index contributed by atoms with van der Waals surface area (Å²) in [5.41, 5.74) is 0.882. The van der Waals surface area contributed by atoms with E-state index >= 15 is 0 Å². The Hall–Kier alpha value is -2.96. The van der Waals surface area contributed by atoms with Crippen molar-refractivity contribution in [3.8, 4) is 5.75 Å². The number of nitrogens with one attached hydrogen (secondary N) is 1. The zero-order valence-corrected chi connectivity index (χ0v) is 13.6. The predicted octanol–water partition coefficient (Wildman–Crippen LogP) is 3.09. The summed E-state index contributed by atoms with van der Waals surface area (Å²) in [7, 11) is 0. The van der Waals surface area contributed by atoms with Crippen LogP contribution in [-0.2, 0) is 20.7 Å². The van der Waals surface area contributed by atoms with Crippen LogP contribution in [0.1, 0.15) is 12.5 Å². The highest BCUT2D eigenvalue weighted by Crippen LogP contribution is 2.18. The minimum absolute atomic E-state index is 0.0633. The number of hydrogen-bond acceptors (Lipinski definition) is 4. The summed E-state index contributed by atoms with van der Waals surface area (Å²) < 4.78 is 36.2. The Labute approximate surface area is 143 Å². The average Bonchev–Trinajstić information content (AvgIpc) is 2.57. The van der Waals surface area contributed by atoms with Gasteiger partial charge in [0.25, 0.3) is 5.91 Å². The van der Waals surface area contributed by atoms with Gasteiger partial charge in [0, 0.05) is 11.8 Å². The second kappa shape index (κ2) is 8.77. The molecule has 2 aromatic carbocycles. The van der Waals surface area contributed by atoms with E-state index in [0.29, 0.717) is 11.8 Å². The van der Waals surface area contributed by atoms with Crippen LogP contribution in [0.15, 0.2) is 42.5 Å². The number of amides is 1. The van der Waals surface area contributed by atoms with E-state index in [1.54, 1.807) is 12.1 Å². The lowest BCUT2D eigenvalue weighted by Crippen LogP contribution is -2.23. The van der Waals surface area contributed by atoms with Gasteiger partial charge in [-0.2, -0.15) is 0 Å². The van der Waals surface area contributed by atoms with Crippen LogP contribution in [-0.4, -0.2) is 25.1 Å². The zero-order chi connectivity index (χ0) is 18.2.